The molecule has 0 saturated carbocycles. The van der Waals surface area contributed by atoms with Gasteiger partial charge in [0, 0.05) is 23.6 Å². The van der Waals surface area contributed by atoms with Gasteiger partial charge in [0.15, 0.2) is 18.1 Å². The van der Waals surface area contributed by atoms with E-state index in [-0.39, 0.29) is 18.3 Å². The van der Waals surface area contributed by atoms with Crippen LogP contribution >= 0.6 is 12.6 Å². The van der Waals surface area contributed by atoms with Gasteiger partial charge in [-0.25, -0.2) is 0 Å². The van der Waals surface area contributed by atoms with Crippen molar-refractivity contribution >= 4 is 18.5 Å². The fourth-order valence-electron chi connectivity index (χ4n) is 2.11. The van der Waals surface area contributed by atoms with Crippen LogP contribution in [-0.2, 0) is 4.79 Å². The first-order chi connectivity index (χ1) is 10.6. The molecule has 0 bridgehead atoms. The minimum absolute atomic E-state index is 0.171. The normalized spacial score (nSPS) is 14.5. The molecule has 1 aromatic rings. The van der Waals surface area contributed by atoms with E-state index in [4.69, 9.17) is 20.5 Å². The Balaban J connectivity index is 2.05. The molecule has 1 amide bonds. The van der Waals surface area contributed by atoms with Gasteiger partial charge in [-0.1, -0.05) is 6.07 Å². The monoisotopic (exact) mass is 319 g/mol. The molecule has 0 fully saturated rings. The van der Waals surface area contributed by atoms with Crippen LogP contribution in [0.2, 0.25) is 0 Å². The Hall–Kier alpha value is -2.33. The molecule has 0 aliphatic carbocycles. The van der Waals surface area contributed by atoms with E-state index in [0.29, 0.717) is 41.4 Å². The van der Waals surface area contributed by atoms with Gasteiger partial charge in [0.25, 0.3) is 5.91 Å². The Kier molecular flexibility index (Phi) is 5.17. The number of hydrogen-bond donors (Lipinski definition) is 2. The number of hydrogen-bond acceptors (Lipinski definition) is 6. The van der Waals surface area contributed by atoms with Crippen molar-refractivity contribution in [2.75, 3.05) is 26.8 Å². The average Bonchev–Trinajstić information content (AvgIpc) is 2.54. The van der Waals surface area contributed by atoms with Crippen LogP contribution < -0.4 is 15.2 Å². The van der Waals surface area contributed by atoms with E-state index in [1.807, 2.05) is 6.07 Å². The molecule has 1 aliphatic heterocycles. The summed E-state index contributed by atoms with van der Waals surface area (Å²) in [4.78, 5) is 14.5. The summed E-state index contributed by atoms with van der Waals surface area (Å²) in [7, 11) is 1.48. The Bertz CT molecular complexity index is 652. The number of methoxy groups -OCH3 is 1. The molecule has 0 unspecified atom stereocenters. The third-order valence-electron chi connectivity index (χ3n) is 3.37. The maximum absolute atomic E-state index is 12.2. The molecule has 6 nitrogen and oxygen atoms in total. The molecule has 0 saturated heterocycles. The van der Waals surface area contributed by atoms with Gasteiger partial charge in [0.05, 0.1) is 19.2 Å². The third-order valence-corrected chi connectivity index (χ3v) is 3.80. The molecule has 0 atom stereocenters. The number of thiol groups is 1. The van der Waals surface area contributed by atoms with Crippen LogP contribution in [0, 0.1) is 11.3 Å². The fourth-order valence-corrected chi connectivity index (χ4v) is 2.40. The second kappa shape index (κ2) is 7.09. The van der Waals surface area contributed by atoms with Crippen molar-refractivity contribution in [3.63, 3.8) is 0 Å². The van der Waals surface area contributed by atoms with Crippen molar-refractivity contribution in [1.29, 1.82) is 5.26 Å². The minimum Gasteiger partial charge on any atom is -0.493 e. The molecule has 2 N–H and O–H groups in total. The number of nitrogens with two attached hydrogens (primary N) is 1. The van der Waals surface area contributed by atoms with Gasteiger partial charge in [-0.3, -0.25) is 4.79 Å². The summed E-state index contributed by atoms with van der Waals surface area (Å²) < 4.78 is 10.7. The number of benzene rings is 1. The molecule has 0 radical (unpaired) electrons. The summed E-state index contributed by atoms with van der Waals surface area (Å²) in [5.74, 6) is 0.511. The molecular formula is C15H17N3O3S. The minimum atomic E-state index is -0.186. The molecule has 116 valence electrons. The van der Waals surface area contributed by atoms with Crippen molar-refractivity contribution in [1.82, 2.24) is 4.90 Å². The lowest BCUT2D eigenvalue weighted by molar-refractivity contribution is -0.133. The van der Waals surface area contributed by atoms with Crippen LogP contribution in [-0.4, -0.2) is 37.6 Å². The number of rotatable bonds is 4. The molecule has 0 spiro atoms. The highest BCUT2D eigenvalue weighted by molar-refractivity contribution is 7.84. The van der Waals surface area contributed by atoms with E-state index in [0.717, 1.165) is 0 Å². The van der Waals surface area contributed by atoms with Crippen LogP contribution in [0.3, 0.4) is 0 Å². The quantitative estimate of drug-likeness (QED) is 0.816. The Morgan fingerprint density at radius 1 is 1.55 bits per heavy atom. The largest absolute Gasteiger partial charge is 0.493 e. The summed E-state index contributed by atoms with van der Waals surface area (Å²) in [6.45, 7) is 0.749. The predicted octanol–water partition coefficient (Wildman–Crippen LogP) is 1.28. The SMILES string of the molecule is COc1cccc(C#N)c1OCC(=O)N1CCC(N)=C(S)C1. The second-order valence-electron chi connectivity index (χ2n) is 4.77. The number of amides is 1. The van der Waals surface area contributed by atoms with Crippen LogP contribution in [0.5, 0.6) is 11.5 Å². The molecule has 7 heteroatoms. The van der Waals surface area contributed by atoms with Crippen molar-refractivity contribution in [2.24, 2.45) is 5.73 Å². The number of nitriles is 1. The number of carbonyl (C=O) groups excluding carboxylic acids is 1. The van der Waals surface area contributed by atoms with E-state index >= 15 is 0 Å². The summed E-state index contributed by atoms with van der Waals surface area (Å²) in [6.07, 6.45) is 0.600. The molecular weight excluding hydrogens is 302 g/mol. The van der Waals surface area contributed by atoms with E-state index < -0.39 is 0 Å². The zero-order chi connectivity index (χ0) is 16.1. The second-order valence-corrected chi connectivity index (χ2v) is 5.31. The first kappa shape index (κ1) is 16.0. The van der Waals surface area contributed by atoms with E-state index in [2.05, 4.69) is 12.6 Å². The summed E-state index contributed by atoms with van der Waals surface area (Å²) in [6, 6.07) is 7.00. The summed E-state index contributed by atoms with van der Waals surface area (Å²) in [5.41, 5.74) is 6.80. The number of ether oxygens (including phenoxy) is 2. The van der Waals surface area contributed by atoms with E-state index in [9.17, 15) is 4.79 Å². The molecule has 2 rings (SSSR count). The van der Waals surface area contributed by atoms with Crippen molar-refractivity contribution < 1.29 is 14.3 Å². The van der Waals surface area contributed by atoms with Gasteiger partial charge in [-0.15, -0.1) is 12.6 Å². The van der Waals surface area contributed by atoms with Gasteiger partial charge in [0.2, 0.25) is 0 Å². The highest BCUT2D eigenvalue weighted by Gasteiger charge is 2.21. The highest BCUT2D eigenvalue weighted by atomic mass is 32.1. The van der Waals surface area contributed by atoms with Crippen molar-refractivity contribution in [3.8, 4) is 17.6 Å². The number of carbonyl (C=O) groups is 1. The van der Waals surface area contributed by atoms with Crippen molar-refractivity contribution in [3.05, 3.63) is 34.4 Å². The maximum atomic E-state index is 12.2. The van der Waals surface area contributed by atoms with Crippen LogP contribution in [0.25, 0.3) is 0 Å². The Morgan fingerprint density at radius 3 is 2.95 bits per heavy atom. The molecule has 22 heavy (non-hydrogen) atoms. The number of para-hydroxylation sites is 1. The predicted molar refractivity (Wildman–Crippen MR) is 84.6 cm³/mol. The van der Waals surface area contributed by atoms with Crippen molar-refractivity contribution in [2.45, 2.75) is 6.42 Å². The standard InChI is InChI=1S/C15H17N3O3S/c1-20-12-4-2-3-10(7-16)15(12)21-9-14(19)18-6-5-11(17)13(22)8-18/h2-4,22H,5-6,8-9,17H2,1H3. The topological polar surface area (TPSA) is 88.6 Å². The van der Waals surface area contributed by atoms with Gasteiger partial charge < -0.3 is 20.1 Å². The van der Waals surface area contributed by atoms with E-state index in [1.165, 1.54) is 7.11 Å². The zero-order valence-corrected chi connectivity index (χ0v) is 13.1. The molecule has 1 aliphatic rings. The summed E-state index contributed by atoms with van der Waals surface area (Å²) in [5, 5.41) is 9.11. The molecule has 1 heterocycles. The fraction of sp³-hybridized carbons (Fsp3) is 0.333. The zero-order valence-electron chi connectivity index (χ0n) is 12.2. The first-order valence-electron chi connectivity index (χ1n) is 6.71. The van der Waals surface area contributed by atoms with Gasteiger partial charge in [-0.05, 0) is 12.1 Å². The first-order valence-corrected chi connectivity index (χ1v) is 7.15. The highest BCUT2D eigenvalue weighted by Crippen LogP contribution is 2.30. The Morgan fingerprint density at radius 2 is 2.32 bits per heavy atom. The van der Waals surface area contributed by atoms with Gasteiger partial charge in [0.1, 0.15) is 6.07 Å². The number of nitrogens with zero attached hydrogens (tertiary/aromatic N) is 2. The average molecular weight is 319 g/mol. The Labute approximate surface area is 134 Å². The molecule has 1 aromatic carbocycles. The van der Waals surface area contributed by atoms with Crippen LogP contribution in [0.4, 0.5) is 0 Å². The lowest BCUT2D eigenvalue weighted by Gasteiger charge is -2.27. The van der Waals surface area contributed by atoms with Gasteiger partial charge in [-0.2, -0.15) is 5.26 Å². The van der Waals surface area contributed by atoms with Crippen LogP contribution in [0.15, 0.2) is 28.8 Å². The van der Waals surface area contributed by atoms with Gasteiger partial charge >= 0.3 is 0 Å². The molecule has 0 aromatic heterocycles. The lowest BCUT2D eigenvalue weighted by atomic mass is 10.2. The smallest absolute Gasteiger partial charge is 0.260 e. The maximum Gasteiger partial charge on any atom is 0.260 e. The summed E-state index contributed by atoms with van der Waals surface area (Å²) >= 11 is 4.27. The third kappa shape index (κ3) is 3.46. The van der Waals surface area contributed by atoms with Crippen LogP contribution in [0.1, 0.15) is 12.0 Å². The lowest BCUT2D eigenvalue weighted by Crippen LogP contribution is -2.40. The van der Waals surface area contributed by atoms with E-state index in [1.54, 1.807) is 23.1 Å².